The van der Waals surface area contributed by atoms with E-state index < -0.39 is 124 Å². The Balaban J connectivity index is 1.37. The minimum absolute atomic E-state index is 0.246. The van der Waals surface area contributed by atoms with Crippen LogP contribution in [0.3, 0.4) is 0 Å². The smallest absolute Gasteiger partial charge is 0.220 e. The Morgan fingerprint density at radius 3 is 1.18 bits per heavy atom. The first-order valence-corrected chi connectivity index (χ1v) is 29.3. The lowest BCUT2D eigenvalue weighted by atomic mass is 9.96. The highest BCUT2D eigenvalue weighted by atomic mass is 16.8. The van der Waals surface area contributed by atoms with Crippen LogP contribution in [0.25, 0.3) is 0 Å². The molecule has 0 saturated carbocycles. The van der Waals surface area contributed by atoms with E-state index >= 15 is 0 Å². The van der Waals surface area contributed by atoms with Crippen LogP contribution in [0.2, 0.25) is 0 Å². The molecule has 0 aromatic heterocycles. The van der Waals surface area contributed by atoms with Crippen molar-refractivity contribution in [2.24, 2.45) is 0 Å². The molecule has 0 aliphatic carbocycles. The summed E-state index contributed by atoms with van der Waals surface area (Å²) in [6, 6.07) is -0.877. The molecular weight excluding hydrogens is 963 g/mol. The summed E-state index contributed by atoms with van der Waals surface area (Å²) in [5, 5.41) is 119. The molecule has 0 aromatic carbocycles. The Bertz CT molecular complexity index is 1370. The molecule has 438 valence electrons. The molecule has 3 rings (SSSR count). The van der Waals surface area contributed by atoms with E-state index in [4.69, 9.17) is 28.4 Å². The first-order valence-electron chi connectivity index (χ1n) is 29.3. The van der Waals surface area contributed by atoms with Crippen LogP contribution >= 0.6 is 0 Å². The van der Waals surface area contributed by atoms with E-state index in [1.807, 2.05) is 0 Å². The fourth-order valence-corrected chi connectivity index (χ4v) is 10.3. The van der Waals surface area contributed by atoms with Gasteiger partial charge in [0, 0.05) is 6.42 Å². The van der Waals surface area contributed by atoms with Crippen LogP contribution in [-0.4, -0.2) is 193 Å². The van der Waals surface area contributed by atoms with Gasteiger partial charge in [-0.3, -0.25) is 4.79 Å². The van der Waals surface area contributed by atoms with Crippen LogP contribution in [0.5, 0.6) is 0 Å². The molecule has 0 radical (unpaired) electrons. The standard InChI is InChI=1S/C55H105NO18/c1-3-5-7-9-10-11-12-13-14-15-16-17-18-19-20-21-22-23-24-25-26-27-29-31-33-43(61)56-38(39(60)32-30-28-8-6-4-2)37-69-53-49(67)46(64)51(41(35-58)71-53)74-55-50(68)47(65)52(42(36-59)72-55)73-54-48(66)45(63)44(62)40(34-57)70-54/h38-42,44-55,57-60,62-68H,3-37H2,1-2H3,(H,56,61). The van der Waals surface area contributed by atoms with Gasteiger partial charge in [-0.25, -0.2) is 0 Å². The summed E-state index contributed by atoms with van der Waals surface area (Å²) in [5.41, 5.74) is 0. The molecule has 3 saturated heterocycles. The van der Waals surface area contributed by atoms with E-state index in [0.717, 1.165) is 51.4 Å². The van der Waals surface area contributed by atoms with Crippen LogP contribution < -0.4 is 5.32 Å². The number of ether oxygens (including phenoxy) is 6. The lowest BCUT2D eigenvalue weighted by Gasteiger charge is -2.48. The molecule has 0 aromatic rings. The minimum Gasteiger partial charge on any atom is -0.394 e. The summed E-state index contributed by atoms with van der Waals surface area (Å²) in [6.07, 6.45) is 9.97. The number of nitrogens with one attached hydrogen (secondary N) is 1. The summed E-state index contributed by atoms with van der Waals surface area (Å²) in [5.74, 6) is -0.246. The van der Waals surface area contributed by atoms with E-state index in [1.54, 1.807) is 0 Å². The first kappa shape index (κ1) is 67.1. The van der Waals surface area contributed by atoms with Gasteiger partial charge < -0.3 is 89.9 Å². The number of rotatable bonds is 43. The highest BCUT2D eigenvalue weighted by Gasteiger charge is 2.53. The quantitative estimate of drug-likeness (QED) is 0.0376. The average Bonchev–Trinajstić information content (AvgIpc) is 3.39. The molecular formula is C55H105NO18. The van der Waals surface area contributed by atoms with Crippen molar-refractivity contribution < 1.29 is 89.4 Å². The zero-order valence-electron chi connectivity index (χ0n) is 45.3. The number of aliphatic hydroxyl groups is 11. The predicted molar refractivity (Wildman–Crippen MR) is 277 cm³/mol. The average molecular weight is 1070 g/mol. The maximum atomic E-state index is 13.2. The molecule has 12 N–H and O–H groups in total. The van der Waals surface area contributed by atoms with Crippen molar-refractivity contribution in [1.29, 1.82) is 0 Å². The van der Waals surface area contributed by atoms with Gasteiger partial charge in [0.15, 0.2) is 18.9 Å². The molecule has 0 spiro atoms. The van der Waals surface area contributed by atoms with Gasteiger partial charge in [0.05, 0.1) is 38.6 Å². The van der Waals surface area contributed by atoms with Crippen LogP contribution in [0, 0.1) is 0 Å². The van der Waals surface area contributed by atoms with Gasteiger partial charge >= 0.3 is 0 Å². The summed E-state index contributed by atoms with van der Waals surface area (Å²) < 4.78 is 34.1. The third-order valence-electron chi connectivity index (χ3n) is 15.2. The third-order valence-corrected chi connectivity index (χ3v) is 15.2. The highest BCUT2D eigenvalue weighted by Crippen LogP contribution is 2.33. The van der Waals surface area contributed by atoms with Gasteiger partial charge in [-0.2, -0.15) is 0 Å². The number of carbonyl (C=O) groups is 1. The Morgan fingerprint density at radius 1 is 0.432 bits per heavy atom. The Morgan fingerprint density at radius 2 is 0.770 bits per heavy atom. The Kier molecular flexibility index (Phi) is 36.3. The summed E-state index contributed by atoms with van der Waals surface area (Å²) >= 11 is 0. The zero-order valence-corrected chi connectivity index (χ0v) is 45.3. The number of hydrogen-bond donors (Lipinski definition) is 12. The third kappa shape index (κ3) is 24.4. The summed E-state index contributed by atoms with van der Waals surface area (Å²) in [7, 11) is 0. The normalized spacial score (nSPS) is 31.4. The van der Waals surface area contributed by atoms with Crippen molar-refractivity contribution in [3.8, 4) is 0 Å². The van der Waals surface area contributed by atoms with E-state index in [1.165, 1.54) is 128 Å². The van der Waals surface area contributed by atoms with Gasteiger partial charge in [-0.1, -0.05) is 194 Å². The van der Waals surface area contributed by atoms with Crippen molar-refractivity contribution in [3.05, 3.63) is 0 Å². The lowest BCUT2D eigenvalue weighted by Crippen LogP contribution is -2.66. The van der Waals surface area contributed by atoms with Crippen LogP contribution in [0.4, 0.5) is 0 Å². The second-order valence-electron chi connectivity index (χ2n) is 21.5. The summed E-state index contributed by atoms with van der Waals surface area (Å²) in [4.78, 5) is 13.2. The number of unbranched alkanes of at least 4 members (excludes halogenated alkanes) is 27. The summed E-state index contributed by atoms with van der Waals surface area (Å²) in [6.45, 7) is 1.69. The molecule has 1 amide bonds. The van der Waals surface area contributed by atoms with Crippen molar-refractivity contribution in [2.75, 3.05) is 26.4 Å². The van der Waals surface area contributed by atoms with Crippen LogP contribution in [0.1, 0.15) is 213 Å². The molecule has 74 heavy (non-hydrogen) atoms. The van der Waals surface area contributed by atoms with Gasteiger partial charge in [-0.05, 0) is 12.8 Å². The second-order valence-corrected chi connectivity index (χ2v) is 21.5. The maximum absolute atomic E-state index is 13.2. The van der Waals surface area contributed by atoms with Crippen LogP contribution in [-0.2, 0) is 33.2 Å². The highest BCUT2D eigenvalue weighted by molar-refractivity contribution is 5.76. The van der Waals surface area contributed by atoms with Crippen molar-refractivity contribution in [3.63, 3.8) is 0 Å². The van der Waals surface area contributed by atoms with Gasteiger partial charge in [-0.15, -0.1) is 0 Å². The molecule has 3 heterocycles. The predicted octanol–water partition coefficient (Wildman–Crippen LogP) is 4.43. The van der Waals surface area contributed by atoms with E-state index in [9.17, 15) is 61.0 Å². The molecule has 3 fully saturated rings. The number of hydrogen-bond acceptors (Lipinski definition) is 18. The van der Waals surface area contributed by atoms with Gasteiger partial charge in [0.25, 0.3) is 0 Å². The van der Waals surface area contributed by atoms with Crippen molar-refractivity contribution in [2.45, 2.75) is 317 Å². The van der Waals surface area contributed by atoms with E-state index in [0.29, 0.717) is 12.8 Å². The van der Waals surface area contributed by atoms with Crippen molar-refractivity contribution in [1.82, 2.24) is 5.32 Å². The molecule has 0 bridgehead atoms. The van der Waals surface area contributed by atoms with E-state index in [-0.39, 0.29) is 18.9 Å². The van der Waals surface area contributed by atoms with Gasteiger partial charge in [0.2, 0.25) is 5.91 Å². The fourth-order valence-electron chi connectivity index (χ4n) is 10.3. The molecule has 19 heteroatoms. The molecule has 17 atom stereocenters. The fraction of sp³-hybridized carbons (Fsp3) is 0.982. The maximum Gasteiger partial charge on any atom is 0.220 e. The molecule has 19 nitrogen and oxygen atoms in total. The zero-order chi connectivity index (χ0) is 54.1. The number of amides is 1. The second kappa shape index (κ2) is 40.0. The first-order chi connectivity index (χ1) is 35.8. The van der Waals surface area contributed by atoms with Crippen LogP contribution in [0.15, 0.2) is 0 Å². The largest absolute Gasteiger partial charge is 0.394 e. The molecule has 17 unspecified atom stereocenters. The van der Waals surface area contributed by atoms with E-state index in [2.05, 4.69) is 19.2 Å². The Labute approximate surface area is 443 Å². The molecule has 3 aliphatic rings. The minimum atomic E-state index is -1.97. The Hall–Kier alpha value is -1.21. The lowest BCUT2D eigenvalue weighted by molar-refractivity contribution is -0.379. The number of carbonyl (C=O) groups excluding carboxylic acids is 1. The van der Waals surface area contributed by atoms with Crippen molar-refractivity contribution >= 4 is 5.91 Å². The monoisotopic (exact) mass is 1070 g/mol. The molecule has 3 aliphatic heterocycles. The topological polar surface area (TPSA) is 307 Å². The van der Waals surface area contributed by atoms with Gasteiger partial charge in [0.1, 0.15) is 73.2 Å². The SMILES string of the molecule is CCCCCCCCCCCCCCCCCCCCCCCCCCC(=O)NC(COC1OC(CO)C(OC2OC(CO)C(OC3OC(CO)C(O)C(O)C3O)C(O)C2O)C(O)C1O)C(O)CCCCCCC. The number of aliphatic hydroxyl groups excluding tert-OH is 11.